The summed E-state index contributed by atoms with van der Waals surface area (Å²) < 4.78 is 118. The maximum Gasteiger partial charge on any atom is 0.317 e. The van der Waals surface area contributed by atoms with Gasteiger partial charge in [-0.15, -0.1) is 0 Å². The number of carbonyl (C=O) groups is 3. The van der Waals surface area contributed by atoms with Crippen LogP contribution in [0.15, 0.2) is 124 Å². The quantitative estimate of drug-likeness (QED) is 0.0258. The van der Waals surface area contributed by atoms with Gasteiger partial charge in [0, 0.05) is 167 Å². The van der Waals surface area contributed by atoms with Crippen LogP contribution in [0.5, 0.6) is 0 Å². The van der Waals surface area contributed by atoms with E-state index in [1.54, 1.807) is 93.9 Å². The van der Waals surface area contributed by atoms with Crippen LogP contribution < -0.4 is 20.7 Å². The standard InChI is InChI=1S/C83H113Cl6N11O15S3/c1-94-54-72(69-48-63(84)51-78(87)75(69)57-94)60-15-7-18-66(45-60)116(104,105)43-13-31-110-37-40-113-34-28-97(4)81(101)90-21-10-25-100(26-11-22-91-82(102)98(5)29-35-114-41-38-111-32-14-44-117(106,107)67-19-8-16-61(46-67)73-55-95(2)58-76-70(73)49-64(85)52-79(76)88)27-12-23-92-83(103)99(6)30-36-115-42-39-112-33-24-93-118(108,109)68-20-9-17-62(47-68)74-56-96(3)59-77-71(74)50-65(86)53-80(77)89/h7-9,15-20,45-53,72-74,93H,10-14,21-44,54-59H2,1-6H3,(H,90,101)(H,91,102)(H,92,103)/t72-,73-,74-/m0/s1. The second-order valence-corrected chi connectivity index (χ2v) is 38.6. The van der Waals surface area contributed by atoms with Gasteiger partial charge in [-0.1, -0.05) is 106 Å². The van der Waals surface area contributed by atoms with E-state index in [1.807, 2.05) is 57.5 Å². The van der Waals surface area contributed by atoms with Crippen LogP contribution in [-0.4, -0.2) is 296 Å². The molecule has 0 spiro atoms. The maximum absolute atomic E-state index is 13.5. The first-order chi connectivity index (χ1) is 56.5. The number of fused-ring (bicyclic) bond motifs is 3. The molecule has 118 heavy (non-hydrogen) atoms. The molecule has 26 nitrogen and oxygen atoms in total. The minimum absolute atomic E-state index is 0.0495. The summed E-state index contributed by atoms with van der Waals surface area (Å²) in [6.07, 6.45) is 2.46. The highest BCUT2D eigenvalue weighted by atomic mass is 35.5. The van der Waals surface area contributed by atoms with E-state index in [1.165, 1.54) is 14.7 Å². The number of hydrogen-bond acceptors (Lipinski definition) is 19. The first-order valence-corrected chi connectivity index (χ1v) is 46.9. The van der Waals surface area contributed by atoms with E-state index in [2.05, 4.69) is 40.3 Å². The number of halogens is 6. The molecule has 35 heteroatoms. The average molecular weight is 1810 g/mol. The maximum atomic E-state index is 13.5. The van der Waals surface area contributed by atoms with Crippen molar-refractivity contribution in [2.24, 2.45) is 0 Å². The zero-order valence-corrected chi connectivity index (χ0v) is 75.1. The highest BCUT2D eigenvalue weighted by Crippen LogP contribution is 2.42. The van der Waals surface area contributed by atoms with Crippen LogP contribution in [0.3, 0.4) is 0 Å². The molecule has 6 aromatic rings. The number of urea groups is 3. The fraction of sp³-hybridized carbons (Fsp3) is 0.530. The summed E-state index contributed by atoms with van der Waals surface area (Å²) >= 11 is 39.0. The molecule has 0 aliphatic carbocycles. The molecule has 650 valence electrons. The van der Waals surface area contributed by atoms with Crippen LogP contribution in [0.1, 0.15) is 99.9 Å². The van der Waals surface area contributed by atoms with Crippen LogP contribution >= 0.6 is 69.6 Å². The van der Waals surface area contributed by atoms with Crippen LogP contribution in [0.4, 0.5) is 14.4 Å². The predicted octanol–water partition coefficient (Wildman–Crippen LogP) is 11.8. The molecule has 0 bridgehead atoms. The lowest BCUT2D eigenvalue weighted by atomic mass is 9.85. The summed E-state index contributed by atoms with van der Waals surface area (Å²) in [5, 5.41) is 12.3. The summed E-state index contributed by atoms with van der Waals surface area (Å²) in [4.78, 5) is 53.4. The zero-order valence-electron chi connectivity index (χ0n) is 68.1. The molecule has 0 aromatic heterocycles. The topological polar surface area (TPSA) is 280 Å². The Morgan fingerprint density at radius 1 is 0.381 bits per heavy atom. The van der Waals surface area contributed by atoms with Crippen LogP contribution in [0.25, 0.3) is 0 Å². The fourth-order valence-electron chi connectivity index (χ4n) is 14.5. The van der Waals surface area contributed by atoms with Crippen molar-refractivity contribution in [3.63, 3.8) is 0 Å². The van der Waals surface area contributed by atoms with Crippen LogP contribution in [0, 0.1) is 0 Å². The zero-order chi connectivity index (χ0) is 84.9. The van der Waals surface area contributed by atoms with Gasteiger partial charge in [0.1, 0.15) is 0 Å². The van der Waals surface area contributed by atoms with Crippen molar-refractivity contribution in [3.05, 3.63) is 189 Å². The van der Waals surface area contributed by atoms with Crippen molar-refractivity contribution < 1.29 is 68.1 Å². The molecule has 3 atom stereocenters. The Morgan fingerprint density at radius 3 is 1.03 bits per heavy atom. The molecule has 0 saturated heterocycles. The van der Waals surface area contributed by atoms with Gasteiger partial charge in [0.25, 0.3) is 0 Å². The van der Waals surface area contributed by atoms with Crippen molar-refractivity contribution in [3.8, 4) is 0 Å². The number of sulfone groups is 2. The summed E-state index contributed by atoms with van der Waals surface area (Å²) in [7, 11) is -0.00483. The molecular weight excluding hydrogens is 1700 g/mol. The summed E-state index contributed by atoms with van der Waals surface area (Å²) in [6, 6.07) is 31.2. The van der Waals surface area contributed by atoms with Crippen molar-refractivity contribution in [1.82, 2.24) is 55.0 Å². The van der Waals surface area contributed by atoms with Gasteiger partial charge in [-0.3, -0.25) is 0 Å². The Bertz CT molecular complexity index is 4190. The van der Waals surface area contributed by atoms with Gasteiger partial charge in [-0.2, -0.15) is 0 Å². The summed E-state index contributed by atoms with van der Waals surface area (Å²) in [6.45, 7) is 10.9. The molecule has 3 aliphatic rings. The highest BCUT2D eigenvalue weighted by molar-refractivity contribution is 7.91. The van der Waals surface area contributed by atoms with Gasteiger partial charge < -0.3 is 78.7 Å². The third-order valence-corrected chi connectivity index (χ3v) is 27.6. The van der Waals surface area contributed by atoms with Gasteiger partial charge in [0.05, 0.1) is 92.3 Å². The minimum atomic E-state index is -3.85. The lowest BCUT2D eigenvalue weighted by Gasteiger charge is -2.33. The van der Waals surface area contributed by atoms with E-state index < -0.39 is 29.7 Å². The largest absolute Gasteiger partial charge is 0.379 e. The molecule has 6 amide bonds. The molecule has 0 unspecified atom stereocenters. The second-order valence-electron chi connectivity index (χ2n) is 30.1. The first kappa shape index (κ1) is 96.1. The Labute approximate surface area is 726 Å². The number of rotatable bonds is 48. The molecule has 6 aromatic carbocycles. The van der Waals surface area contributed by atoms with E-state index in [9.17, 15) is 39.6 Å². The molecule has 0 radical (unpaired) electrons. The van der Waals surface area contributed by atoms with Crippen molar-refractivity contribution >= 4 is 117 Å². The van der Waals surface area contributed by atoms with Gasteiger partial charge >= 0.3 is 18.1 Å². The SMILES string of the molecule is CN1Cc2c(Cl)cc(Cl)cc2[C@H](c2cccc(S(=O)(=O)CCCOCCOCCN(C)C(=O)NCCCN(CCCNC(=O)N(C)CCOCCOCCCS(=O)(=O)c3cccc([C@@H]4CN(C)Cc5c(Cl)cc(Cl)cc54)c3)CCCNC(=O)N(C)CCOCCOCCNS(=O)(=O)c3cccc([C@@H]4CN(C)Cc5c(Cl)cc(Cl)cc54)c3)c2)C1. The van der Waals surface area contributed by atoms with Crippen LogP contribution in [-0.2, 0) is 77.8 Å². The number of ether oxygens (including phenoxy) is 6. The monoisotopic (exact) mass is 1810 g/mol. The number of nitrogens with zero attached hydrogens (tertiary/aromatic N) is 7. The Kier molecular flexibility index (Phi) is 38.9. The van der Waals surface area contributed by atoms with E-state index in [4.69, 9.17) is 98.0 Å². The highest BCUT2D eigenvalue weighted by Gasteiger charge is 2.32. The third kappa shape index (κ3) is 29.8. The number of hydrogen-bond donors (Lipinski definition) is 4. The summed E-state index contributed by atoms with van der Waals surface area (Å²) in [5.74, 6) is -0.482. The predicted molar refractivity (Wildman–Crippen MR) is 465 cm³/mol. The molecule has 4 N–H and O–H groups in total. The van der Waals surface area contributed by atoms with Crippen molar-refractivity contribution in [2.45, 2.75) is 84.2 Å². The number of carbonyl (C=O) groups excluding carboxylic acids is 3. The number of benzene rings is 6. The molecule has 0 fully saturated rings. The minimum Gasteiger partial charge on any atom is -0.379 e. The number of nitrogens with one attached hydrogen (secondary N) is 4. The van der Waals surface area contributed by atoms with Crippen molar-refractivity contribution in [1.29, 1.82) is 0 Å². The molecule has 3 heterocycles. The van der Waals surface area contributed by atoms with E-state index in [0.29, 0.717) is 160 Å². The Morgan fingerprint density at radius 2 is 0.686 bits per heavy atom. The van der Waals surface area contributed by atoms with Crippen LogP contribution in [0.2, 0.25) is 30.1 Å². The third-order valence-electron chi connectivity index (χ3n) is 20.9. The lowest BCUT2D eigenvalue weighted by Crippen LogP contribution is -2.42. The Hall–Kier alpha value is -5.72. The lowest BCUT2D eigenvalue weighted by molar-refractivity contribution is 0.0436. The van der Waals surface area contributed by atoms with Gasteiger partial charge in [0.15, 0.2) is 19.7 Å². The second kappa shape index (κ2) is 47.8. The van der Waals surface area contributed by atoms with Crippen molar-refractivity contribution in [2.75, 3.05) is 218 Å². The molecular formula is C83H113Cl6N11O15S3. The van der Waals surface area contributed by atoms with Gasteiger partial charge in [-0.25, -0.2) is 44.4 Å². The number of sulfonamides is 1. The van der Waals surface area contributed by atoms with E-state index in [-0.39, 0.29) is 148 Å². The summed E-state index contributed by atoms with van der Waals surface area (Å²) in [5.41, 5.74) is 8.52. The smallest absolute Gasteiger partial charge is 0.317 e. The van der Waals surface area contributed by atoms with Gasteiger partial charge in [-0.05, 0) is 196 Å². The first-order valence-electron chi connectivity index (χ1n) is 39.9. The molecule has 9 rings (SSSR count). The molecule has 3 aliphatic heterocycles. The fourth-order valence-corrected chi connectivity index (χ4v) is 20.0. The normalized spacial score (nSPS) is 16.0. The van der Waals surface area contributed by atoms with E-state index in [0.717, 1.165) is 50.1 Å². The average Bonchev–Trinajstić information content (AvgIpc) is 0.781. The molecule has 0 saturated carbocycles. The van der Waals surface area contributed by atoms with Gasteiger partial charge in [0.2, 0.25) is 10.0 Å². The Balaban J connectivity index is 0.635. The number of amides is 6. The number of likely N-dealkylation sites (N-methyl/N-ethyl adjacent to an activating group) is 6. The van der Waals surface area contributed by atoms with E-state index >= 15 is 0 Å².